The molecule has 0 unspecified atom stereocenters. The zero-order valence-corrected chi connectivity index (χ0v) is 16.8. The van der Waals surface area contributed by atoms with Crippen LogP contribution in [0.5, 0.6) is 0 Å². The van der Waals surface area contributed by atoms with Gasteiger partial charge < -0.3 is 0 Å². The molecule has 1 amide bonds. The quantitative estimate of drug-likeness (QED) is 0.558. The second-order valence-electron chi connectivity index (χ2n) is 6.49. The molecule has 150 valence electrons. The third-order valence-corrected chi connectivity index (χ3v) is 5.72. The number of hydroxylamine groups is 1. The standard InChI is InChI=1S/C22H22N2O4S/c1-17-12-13-20(29(26,27)23-15-18-8-4-2-5-9-18)14-21(17)22(25)24-28-16-19-10-6-3-7-11-19/h2-14,23H,15-16H2,1H3,(H,24,25). The number of carbonyl (C=O) groups is 1. The van der Waals surface area contributed by atoms with Crippen molar-refractivity contribution in [3.63, 3.8) is 0 Å². The average Bonchev–Trinajstić information content (AvgIpc) is 2.74. The molecule has 6 nitrogen and oxygen atoms in total. The highest BCUT2D eigenvalue weighted by Crippen LogP contribution is 2.16. The average molecular weight is 410 g/mol. The molecule has 0 radical (unpaired) electrons. The molecule has 3 aromatic carbocycles. The van der Waals surface area contributed by atoms with Crippen molar-refractivity contribution in [3.8, 4) is 0 Å². The summed E-state index contributed by atoms with van der Waals surface area (Å²) in [6.45, 7) is 2.11. The van der Waals surface area contributed by atoms with E-state index in [1.165, 1.54) is 12.1 Å². The number of hydrogen-bond donors (Lipinski definition) is 2. The Kier molecular flexibility index (Phi) is 6.77. The molecule has 0 saturated carbocycles. The summed E-state index contributed by atoms with van der Waals surface area (Å²) in [6.07, 6.45) is 0. The largest absolute Gasteiger partial charge is 0.275 e. The Hall–Kier alpha value is -3.00. The van der Waals surface area contributed by atoms with E-state index in [0.717, 1.165) is 11.1 Å². The summed E-state index contributed by atoms with van der Waals surface area (Å²) in [5.74, 6) is -0.501. The molecule has 0 spiro atoms. The van der Waals surface area contributed by atoms with E-state index in [1.807, 2.05) is 60.7 Å². The lowest BCUT2D eigenvalue weighted by Gasteiger charge is -2.11. The molecule has 3 aromatic rings. The van der Waals surface area contributed by atoms with Gasteiger partial charge in [0.05, 0.1) is 11.5 Å². The molecular weight excluding hydrogens is 388 g/mol. The molecule has 0 heterocycles. The lowest BCUT2D eigenvalue weighted by Crippen LogP contribution is -2.26. The first-order valence-corrected chi connectivity index (χ1v) is 10.5. The number of amides is 1. The van der Waals surface area contributed by atoms with Gasteiger partial charge in [0.25, 0.3) is 5.91 Å². The van der Waals surface area contributed by atoms with Crippen LogP contribution in [0.2, 0.25) is 0 Å². The minimum atomic E-state index is -3.77. The molecule has 0 bridgehead atoms. The topological polar surface area (TPSA) is 84.5 Å². The zero-order chi connectivity index (χ0) is 20.7. The third-order valence-electron chi connectivity index (χ3n) is 4.32. The van der Waals surface area contributed by atoms with Crippen molar-refractivity contribution < 1.29 is 18.0 Å². The van der Waals surface area contributed by atoms with Crippen LogP contribution in [-0.4, -0.2) is 14.3 Å². The maximum Gasteiger partial charge on any atom is 0.275 e. The maximum atomic E-state index is 12.6. The van der Waals surface area contributed by atoms with Crippen molar-refractivity contribution in [1.82, 2.24) is 10.2 Å². The fourth-order valence-electron chi connectivity index (χ4n) is 2.68. The highest BCUT2D eigenvalue weighted by molar-refractivity contribution is 7.89. The molecule has 7 heteroatoms. The summed E-state index contributed by atoms with van der Waals surface area (Å²) in [4.78, 5) is 17.7. The van der Waals surface area contributed by atoms with Crippen molar-refractivity contribution in [3.05, 3.63) is 101 Å². The third kappa shape index (κ3) is 5.74. The van der Waals surface area contributed by atoms with Crippen LogP contribution in [0, 0.1) is 6.92 Å². The minimum Gasteiger partial charge on any atom is -0.269 e. The number of aryl methyl sites for hydroxylation is 1. The molecular formula is C22H22N2O4S. The second-order valence-corrected chi connectivity index (χ2v) is 8.26. The second kappa shape index (κ2) is 9.47. The van der Waals surface area contributed by atoms with E-state index in [1.54, 1.807) is 13.0 Å². The number of benzene rings is 3. The summed E-state index contributed by atoms with van der Waals surface area (Å²) in [5, 5.41) is 0. The van der Waals surface area contributed by atoms with Crippen LogP contribution in [0.15, 0.2) is 83.8 Å². The molecule has 0 aliphatic rings. The highest BCUT2D eigenvalue weighted by atomic mass is 32.2. The molecule has 0 fully saturated rings. The molecule has 0 aromatic heterocycles. The van der Waals surface area contributed by atoms with E-state index in [-0.39, 0.29) is 23.6 Å². The fraction of sp³-hybridized carbons (Fsp3) is 0.136. The molecule has 0 aliphatic carbocycles. The van der Waals surface area contributed by atoms with Crippen molar-refractivity contribution in [2.75, 3.05) is 0 Å². The van der Waals surface area contributed by atoms with Gasteiger partial charge in [0, 0.05) is 12.1 Å². The van der Waals surface area contributed by atoms with Crippen LogP contribution in [0.4, 0.5) is 0 Å². The molecule has 0 saturated heterocycles. The van der Waals surface area contributed by atoms with E-state index >= 15 is 0 Å². The fourth-order valence-corrected chi connectivity index (χ4v) is 3.73. The summed E-state index contributed by atoms with van der Waals surface area (Å²) in [6, 6.07) is 23.0. The lowest BCUT2D eigenvalue weighted by atomic mass is 10.1. The Morgan fingerprint density at radius 3 is 2.17 bits per heavy atom. The predicted molar refractivity (Wildman–Crippen MR) is 110 cm³/mol. The Bertz CT molecular complexity index is 1070. The van der Waals surface area contributed by atoms with Crippen LogP contribution in [0.25, 0.3) is 0 Å². The van der Waals surface area contributed by atoms with Gasteiger partial charge in [-0.05, 0) is 35.7 Å². The van der Waals surface area contributed by atoms with Gasteiger partial charge in [-0.3, -0.25) is 9.63 Å². The van der Waals surface area contributed by atoms with Gasteiger partial charge in [0.2, 0.25) is 10.0 Å². The van der Waals surface area contributed by atoms with Gasteiger partial charge in [-0.25, -0.2) is 18.6 Å². The Labute approximate surface area is 170 Å². The van der Waals surface area contributed by atoms with E-state index in [2.05, 4.69) is 10.2 Å². The summed E-state index contributed by atoms with van der Waals surface area (Å²) in [7, 11) is -3.77. The highest BCUT2D eigenvalue weighted by Gasteiger charge is 2.18. The van der Waals surface area contributed by atoms with Crippen molar-refractivity contribution >= 4 is 15.9 Å². The number of hydrogen-bond acceptors (Lipinski definition) is 4. The van der Waals surface area contributed by atoms with Gasteiger partial charge in [-0.1, -0.05) is 66.7 Å². The number of nitrogens with one attached hydrogen (secondary N) is 2. The van der Waals surface area contributed by atoms with Crippen LogP contribution >= 0.6 is 0 Å². The van der Waals surface area contributed by atoms with Crippen LogP contribution < -0.4 is 10.2 Å². The predicted octanol–water partition coefficient (Wildman–Crippen LogP) is 3.34. The summed E-state index contributed by atoms with van der Waals surface area (Å²) < 4.78 is 27.8. The number of rotatable bonds is 8. The molecule has 3 rings (SSSR count). The normalized spacial score (nSPS) is 11.2. The smallest absolute Gasteiger partial charge is 0.269 e. The summed E-state index contributed by atoms with van der Waals surface area (Å²) >= 11 is 0. The molecule has 0 aliphatic heterocycles. The van der Waals surface area contributed by atoms with Crippen LogP contribution in [0.3, 0.4) is 0 Å². The van der Waals surface area contributed by atoms with Crippen LogP contribution in [0.1, 0.15) is 27.0 Å². The first-order valence-electron chi connectivity index (χ1n) is 9.06. The van der Waals surface area contributed by atoms with Gasteiger partial charge in [0.1, 0.15) is 0 Å². The number of carbonyl (C=O) groups excluding carboxylic acids is 1. The van der Waals surface area contributed by atoms with E-state index in [0.29, 0.717) is 5.56 Å². The number of sulfonamides is 1. The maximum absolute atomic E-state index is 12.6. The monoisotopic (exact) mass is 410 g/mol. The van der Waals surface area contributed by atoms with E-state index < -0.39 is 15.9 Å². The van der Waals surface area contributed by atoms with Crippen molar-refractivity contribution in [2.24, 2.45) is 0 Å². The summed E-state index contributed by atoms with van der Waals surface area (Å²) in [5.41, 5.74) is 5.00. The Morgan fingerprint density at radius 2 is 1.52 bits per heavy atom. The Morgan fingerprint density at radius 1 is 0.897 bits per heavy atom. The van der Waals surface area contributed by atoms with Crippen LogP contribution in [-0.2, 0) is 28.0 Å². The van der Waals surface area contributed by atoms with Crippen molar-refractivity contribution in [1.29, 1.82) is 0 Å². The van der Waals surface area contributed by atoms with Gasteiger partial charge in [0.15, 0.2) is 0 Å². The molecule has 29 heavy (non-hydrogen) atoms. The lowest BCUT2D eigenvalue weighted by molar-refractivity contribution is 0.0233. The SMILES string of the molecule is Cc1ccc(S(=O)(=O)NCc2ccccc2)cc1C(=O)NOCc1ccccc1. The zero-order valence-electron chi connectivity index (χ0n) is 16.0. The van der Waals surface area contributed by atoms with Gasteiger partial charge >= 0.3 is 0 Å². The van der Waals surface area contributed by atoms with E-state index in [9.17, 15) is 13.2 Å². The first-order chi connectivity index (χ1) is 14.0. The molecule has 2 N–H and O–H groups in total. The molecule has 0 atom stereocenters. The first kappa shape index (κ1) is 20.7. The minimum absolute atomic E-state index is 0.0206. The van der Waals surface area contributed by atoms with Gasteiger partial charge in [-0.15, -0.1) is 0 Å². The van der Waals surface area contributed by atoms with E-state index in [4.69, 9.17) is 4.84 Å². The Balaban J connectivity index is 1.67. The van der Waals surface area contributed by atoms with Crippen molar-refractivity contribution in [2.45, 2.75) is 25.0 Å². The van der Waals surface area contributed by atoms with Gasteiger partial charge in [-0.2, -0.15) is 0 Å².